The fourth-order valence-electron chi connectivity index (χ4n) is 1.85. The van der Waals surface area contributed by atoms with Gasteiger partial charge in [0.15, 0.2) is 5.82 Å². The van der Waals surface area contributed by atoms with Crippen molar-refractivity contribution in [2.75, 3.05) is 7.05 Å². The zero-order valence-corrected chi connectivity index (χ0v) is 14.3. The van der Waals surface area contributed by atoms with Crippen molar-refractivity contribution in [3.8, 4) is 0 Å². The van der Waals surface area contributed by atoms with Crippen LogP contribution in [0.15, 0.2) is 33.3 Å². The number of carbonyl (C=O) groups excluding carboxylic acids is 1. The van der Waals surface area contributed by atoms with Crippen LogP contribution in [0.3, 0.4) is 0 Å². The minimum Gasteiger partial charge on any atom is -0.341 e. The van der Waals surface area contributed by atoms with Crippen LogP contribution < -0.4 is 10.6 Å². The maximum Gasteiger partial charge on any atom is 0.251 e. The number of carbonyl (C=O) groups is 1. The van der Waals surface area contributed by atoms with Gasteiger partial charge in [0.1, 0.15) is 6.04 Å². The molecule has 0 radical (unpaired) electrons. The van der Waals surface area contributed by atoms with Crippen LogP contribution in [0.5, 0.6) is 0 Å². The smallest absolute Gasteiger partial charge is 0.251 e. The highest BCUT2D eigenvalue weighted by atomic mass is 79.9. The van der Waals surface area contributed by atoms with Crippen LogP contribution in [0.25, 0.3) is 0 Å². The molecule has 1 aromatic heterocycles. The summed E-state index contributed by atoms with van der Waals surface area (Å²) in [6.07, 6.45) is 0.674. The first-order valence-electron chi connectivity index (χ1n) is 7.05. The molecule has 6 nitrogen and oxygen atoms in total. The Morgan fingerprint density at radius 3 is 2.64 bits per heavy atom. The maximum absolute atomic E-state index is 12.1. The summed E-state index contributed by atoms with van der Waals surface area (Å²) in [5.41, 5.74) is 0.582. The molecule has 22 heavy (non-hydrogen) atoms. The number of hydrogen-bond donors (Lipinski definition) is 2. The van der Waals surface area contributed by atoms with E-state index < -0.39 is 0 Å². The quantitative estimate of drug-likeness (QED) is 0.820. The molecule has 0 spiro atoms. The Morgan fingerprint density at radius 1 is 1.32 bits per heavy atom. The fourth-order valence-corrected chi connectivity index (χ4v) is 2.11. The van der Waals surface area contributed by atoms with Gasteiger partial charge in [-0.2, -0.15) is 4.98 Å². The maximum atomic E-state index is 12.1. The zero-order valence-electron chi connectivity index (χ0n) is 12.8. The van der Waals surface area contributed by atoms with Gasteiger partial charge in [-0.05, 0) is 45.2 Å². The molecule has 0 saturated carbocycles. The predicted molar refractivity (Wildman–Crippen MR) is 86.5 cm³/mol. The Balaban J connectivity index is 1.98. The molecule has 2 aromatic rings. The molecule has 0 bridgehead atoms. The Bertz CT molecular complexity index is 627. The van der Waals surface area contributed by atoms with Crippen LogP contribution in [0.4, 0.5) is 0 Å². The predicted octanol–water partition coefficient (Wildman–Crippen LogP) is 2.47. The lowest BCUT2D eigenvalue weighted by Gasteiger charge is -2.09. The molecule has 0 fully saturated rings. The van der Waals surface area contributed by atoms with E-state index >= 15 is 0 Å². The van der Waals surface area contributed by atoms with Crippen molar-refractivity contribution in [1.29, 1.82) is 0 Å². The molecule has 2 atom stereocenters. The third-order valence-electron chi connectivity index (χ3n) is 3.29. The number of aromatic nitrogens is 2. The van der Waals surface area contributed by atoms with E-state index in [1.165, 1.54) is 0 Å². The summed E-state index contributed by atoms with van der Waals surface area (Å²) in [4.78, 5) is 16.5. The van der Waals surface area contributed by atoms with Crippen molar-refractivity contribution in [2.45, 2.75) is 32.4 Å². The summed E-state index contributed by atoms with van der Waals surface area (Å²) in [6.45, 7) is 3.85. The van der Waals surface area contributed by atoms with E-state index in [-0.39, 0.29) is 18.0 Å². The zero-order chi connectivity index (χ0) is 16.1. The highest BCUT2D eigenvalue weighted by Crippen LogP contribution is 2.14. The van der Waals surface area contributed by atoms with Crippen LogP contribution in [-0.2, 0) is 6.42 Å². The normalized spacial score (nSPS) is 13.6. The average molecular weight is 367 g/mol. The van der Waals surface area contributed by atoms with Crippen LogP contribution in [0, 0.1) is 0 Å². The number of benzene rings is 1. The minimum atomic E-state index is -0.345. The van der Waals surface area contributed by atoms with Crippen LogP contribution in [-0.4, -0.2) is 29.1 Å². The topological polar surface area (TPSA) is 80.0 Å². The van der Waals surface area contributed by atoms with Crippen LogP contribution >= 0.6 is 15.9 Å². The summed E-state index contributed by atoms with van der Waals surface area (Å²) in [6, 6.07) is 7.06. The molecule has 0 saturated heterocycles. The molecule has 2 N–H and O–H groups in total. The molecule has 0 aliphatic rings. The van der Waals surface area contributed by atoms with Gasteiger partial charge in [-0.1, -0.05) is 21.1 Å². The van der Waals surface area contributed by atoms with E-state index in [1.54, 1.807) is 12.1 Å². The van der Waals surface area contributed by atoms with Gasteiger partial charge in [-0.15, -0.1) is 0 Å². The summed E-state index contributed by atoms with van der Waals surface area (Å²) < 4.78 is 6.14. The largest absolute Gasteiger partial charge is 0.341 e. The molecule has 2 unspecified atom stereocenters. The van der Waals surface area contributed by atoms with Crippen LogP contribution in [0.2, 0.25) is 0 Å². The van der Waals surface area contributed by atoms with Crippen molar-refractivity contribution in [1.82, 2.24) is 20.8 Å². The van der Waals surface area contributed by atoms with Crippen molar-refractivity contribution in [3.05, 3.63) is 46.0 Å². The number of rotatable bonds is 6. The summed E-state index contributed by atoms with van der Waals surface area (Å²) in [5.74, 6) is 0.855. The van der Waals surface area contributed by atoms with E-state index in [1.807, 2.05) is 33.0 Å². The molecule has 1 amide bonds. The Kier molecular flexibility index (Phi) is 5.68. The first kappa shape index (κ1) is 16.6. The molecule has 1 heterocycles. The number of nitrogens with one attached hydrogen (secondary N) is 2. The van der Waals surface area contributed by atoms with Crippen molar-refractivity contribution >= 4 is 21.8 Å². The Morgan fingerprint density at radius 2 is 2.00 bits per heavy atom. The number of likely N-dealkylation sites (N-methyl/N-ethyl adjacent to an activating group) is 1. The first-order valence-corrected chi connectivity index (χ1v) is 7.85. The number of nitrogens with zero attached hydrogens (tertiary/aromatic N) is 2. The van der Waals surface area contributed by atoms with Gasteiger partial charge in [0.25, 0.3) is 5.91 Å². The molecule has 2 rings (SSSR count). The fraction of sp³-hybridized carbons (Fsp3) is 0.400. The van der Waals surface area contributed by atoms with E-state index in [4.69, 9.17) is 4.52 Å². The molecule has 118 valence electrons. The van der Waals surface area contributed by atoms with Crippen molar-refractivity contribution in [3.63, 3.8) is 0 Å². The van der Waals surface area contributed by atoms with Gasteiger partial charge >= 0.3 is 0 Å². The number of hydrogen-bond acceptors (Lipinski definition) is 5. The van der Waals surface area contributed by atoms with Crippen molar-refractivity contribution < 1.29 is 9.32 Å². The second kappa shape index (κ2) is 7.51. The third-order valence-corrected chi connectivity index (χ3v) is 3.82. The number of amides is 1. The highest BCUT2D eigenvalue weighted by molar-refractivity contribution is 9.10. The third kappa shape index (κ3) is 4.38. The molecule has 1 aromatic carbocycles. The first-order chi connectivity index (χ1) is 10.5. The van der Waals surface area contributed by atoms with Gasteiger partial charge in [0, 0.05) is 22.5 Å². The average Bonchev–Trinajstić information content (AvgIpc) is 2.96. The highest BCUT2D eigenvalue weighted by Gasteiger charge is 2.18. The van der Waals surface area contributed by atoms with Gasteiger partial charge < -0.3 is 15.2 Å². The van der Waals surface area contributed by atoms with Gasteiger partial charge in [0.05, 0.1) is 0 Å². The summed E-state index contributed by atoms with van der Waals surface area (Å²) >= 11 is 3.34. The van der Waals surface area contributed by atoms with Crippen molar-refractivity contribution in [2.24, 2.45) is 0 Å². The molecule has 7 heteroatoms. The Labute approximate surface area is 137 Å². The van der Waals surface area contributed by atoms with Gasteiger partial charge in [-0.25, -0.2) is 0 Å². The van der Waals surface area contributed by atoms with E-state index in [9.17, 15) is 4.79 Å². The van der Waals surface area contributed by atoms with Gasteiger partial charge in [0.2, 0.25) is 5.89 Å². The molecular formula is C15H19BrN4O2. The number of halogens is 1. The minimum absolute atomic E-state index is 0.177. The molecule has 0 aliphatic carbocycles. The monoisotopic (exact) mass is 366 g/mol. The Hall–Kier alpha value is -1.73. The standard InChI is InChI=1S/C15H19BrN4O2/c1-9(17-3)8-13-19-15(22-20-13)10(2)18-14(21)11-4-6-12(16)7-5-11/h4-7,9-10,17H,8H2,1-3H3,(H,18,21). The van der Waals surface area contributed by atoms with E-state index in [0.717, 1.165) is 4.47 Å². The van der Waals surface area contributed by atoms with Crippen LogP contribution in [0.1, 0.15) is 42.0 Å². The van der Waals surface area contributed by atoms with Gasteiger partial charge in [-0.3, -0.25) is 4.79 Å². The second-order valence-corrected chi connectivity index (χ2v) is 6.06. The lowest BCUT2D eigenvalue weighted by atomic mass is 10.2. The lowest BCUT2D eigenvalue weighted by molar-refractivity contribution is 0.0932. The summed E-state index contributed by atoms with van der Waals surface area (Å²) in [7, 11) is 1.88. The van der Waals surface area contributed by atoms with E-state index in [0.29, 0.717) is 23.7 Å². The lowest BCUT2D eigenvalue weighted by Crippen LogP contribution is -2.27. The SMILES string of the molecule is CNC(C)Cc1noc(C(C)NC(=O)c2ccc(Br)cc2)n1. The second-order valence-electron chi connectivity index (χ2n) is 5.14. The van der Waals surface area contributed by atoms with E-state index in [2.05, 4.69) is 36.7 Å². The molecule has 0 aliphatic heterocycles. The molecular weight excluding hydrogens is 348 g/mol. The summed E-state index contributed by atoms with van der Waals surface area (Å²) in [5, 5.41) is 9.89.